The molecule has 0 fully saturated rings. The van der Waals surface area contributed by atoms with E-state index in [1.165, 1.54) is 6.07 Å². The zero-order chi connectivity index (χ0) is 6.69. The summed E-state index contributed by atoms with van der Waals surface area (Å²) in [4.78, 5) is 9.96. The summed E-state index contributed by atoms with van der Waals surface area (Å²) >= 11 is 5.36. The lowest BCUT2D eigenvalue weighted by atomic mass is 10.4. The van der Waals surface area contributed by atoms with Gasteiger partial charge in [-0.25, -0.2) is 0 Å². The summed E-state index contributed by atoms with van der Waals surface area (Å²) in [7, 11) is 0. The van der Waals surface area contributed by atoms with Crippen LogP contribution in [0.4, 0.5) is 0 Å². The minimum absolute atomic E-state index is 0.214. The Labute approximate surface area is 56.6 Å². The van der Waals surface area contributed by atoms with Gasteiger partial charge in [0.15, 0.2) is 12.0 Å². The van der Waals surface area contributed by atoms with Crippen molar-refractivity contribution < 1.29 is 9.32 Å². The Morgan fingerprint density at radius 2 is 2.67 bits per heavy atom. The van der Waals surface area contributed by atoms with Crippen LogP contribution in [0.25, 0.3) is 0 Å². The monoisotopic (exact) mass is 145 g/mol. The van der Waals surface area contributed by atoms with Gasteiger partial charge in [0.1, 0.15) is 0 Å². The Morgan fingerprint density at radius 3 is 3.00 bits per heavy atom. The Bertz CT molecular complexity index is 208. The summed E-state index contributed by atoms with van der Waals surface area (Å²) in [6, 6.07) is 1.50. The Hall–Kier alpha value is -0.830. The van der Waals surface area contributed by atoms with Crippen molar-refractivity contribution in [1.82, 2.24) is 5.16 Å². The van der Waals surface area contributed by atoms with E-state index >= 15 is 0 Å². The van der Waals surface area contributed by atoms with Crippen molar-refractivity contribution in [1.29, 1.82) is 0 Å². The number of alkyl halides is 1. The first kappa shape index (κ1) is 6.29. The van der Waals surface area contributed by atoms with Crippen LogP contribution in [0.15, 0.2) is 10.6 Å². The SMILES string of the molecule is O=Cc1cc(CCl)no1. The molecule has 3 nitrogen and oxygen atoms in total. The highest BCUT2D eigenvalue weighted by atomic mass is 35.5. The maximum atomic E-state index is 9.96. The molecule has 48 valence electrons. The van der Waals surface area contributed by atoms with Crippen LogP contribution in [0.3, 0.4) is 0 Å². The zero-order valence-electron chi connectivity index (χ0n) is 4.50. The average Bonchev–Trinajstić information content (AvgIpc) is 2.34. The smallest absolute Gasteiger partial charge is 0.199 e. The van der Waals surface area contributed by atoms with Crippen LogP contribution < -0.4 is 0 Å². The van der Waals surface area contributed by atoms with Crippen LogP contribution in [0.2, 0.25) is 0 Å². The highest BCUT2D eigenvalue weighted by Crippen LogP contribution is 2.02. The molecule has 0 saturated carbocycles. The maximum Gasteiger partial charge on any atom is 0.199 e. The molecule has 0 amide bonds. The molecule has 0 bridgehead atoms. The van der Waals surface area contributed by atoms with Gasteiger partial charge in [-0.15, -0.1) is 11.6 Å². The summed E-state index contributed by atoms with van der Waals surface area (Å²) in [5.41, 5.74) is 0.582. The summed E-state index contributed by atoms with van der Waals surface area (Å²) in [6.07, 6.45) is 0.586. The fraction of sp³-hybridized carbons (Fsp3) is 0.200. The van der Waals surface area contributed by atoms with Crippen molar-refractivity contribution in [2.45, 2.75) is 5.88 Å². The molecule has 0 atom stereocenters. The molecule has 0 unspecified atom stereocenters. The Kier molecular flexibility index (Phi) is 1.85. The molecule has 0 radical (unpaired) electrons. The molecule has 1 aromatic heterocycles. The summed E-state index contributed by atoms with van der Waals surface area (Å²) < 4.78 is 4.50. The molecular formula is C5H4ClNO2. The highest BCUT2D eigenvalue weighted by molar-refractivity contribution is 6.16. The maximum absolute atomic E-state index is 9.96. The van der Waals surface area contributed by atoms with Crippen molar-refractivity contribution in [2.24, 2.45) is 0 Å². The second-order valence-electron chi connectivity index (χ2n) is 1.47. The third-order valence-electron chi connectivity index (χ3n) is 0.830. The number of aromatic nitrogens is 1. The first-order valence-corrected chi connectivity index (χ1v) is 2.87. The zero-order valence-corrected chi connectivity index (χ0v) is 5.26. The minimum atomic E-state index is 0.214. The average molecular weight is 146 g/mol. The van der Waals surface area contributed by atoms with Gasteiger partial charge in [0, 0.05) is 6.07 Å². The topological polar surface area (TPSA) is 43.1 Å². The second-order valence-corrected chi connectivity index (χ2v) is 1.74. The number of nitrogens with zero attached hydrogens (tertiary/aromatic N) is 1. The van der Waals surface area contributed by atoms with Gasteiger partial charge in [0.2, 0.25) is 0 Å². The lowest BCUT2D eigenvalue weighted by Gasteiger charge is -1.72. The van der Waals surface area contributed by atoms with E-state index in [1.807, 2.05) is 0 Å². The van der Waals surface area contributed by atoms with Gasteiger partial charge in [-0.1, -0.05) is 5.16 Å². The van der Waals surface area contributed by atoms with Gasteiger partial charge in [-0.2, -0.15) is 0 Å². The fourth-order valence-corrected chi connectivity index (χ4v) is 0.573. The van der Waals surface area contributed by atoms with Crippen molar-refractivity contribution in [3.8, 4) is 0 Å². The van der Waals surface area contributed by atoms with Crippen LogP contribution in [0.1, 0.15) is 16.2 Å². The number of aldehydes is 1. The predicted molar refractivity (Wildman–Crippen MR) is 31.4 cm³/mol. The van der Waals surface area contributed by atoms with E-state index in [0.29, 0.717) is 12.0 Å². The Morgan fingerprint density at radius 1 is 1.89 bits per heavy atom. The van der Waals surface area contributed by atoms with Crippen LogP contribution in [0, 0.1) is 0 Å². The number of halogens is 1. The molecule has 0 saturated heterocycles. The third-order valence-corrected chi connectivity index (χ3v) is 1.10. The third kappa shape index (κ3) is 1.29. The number of carbonyl (C=O) groups excluding carboxylic acids is 1. The number of carbonyl (C=O) groups is 1. The minimum Gasteiger partial charge on any atom is -0.353 e. The van der Waals surface area contributed by atoms with Crippen molar-refractivity contribution >= 4 is 17.9 Å². The van der Waals surface area contributed by atoms with Crippen LogP contribution in [-0.2, 0) is 5.88 Å². The van der Waals surface area contributed by atoms with Crippen molar-refractivity contribution in [3.05, 3.63) is 17.5 Å². The van der Waals surface area contributed by atoms with E-state index in [-0.39, 0.29) is 11.6 Å². The molecule has 1 rings (SSSR count). The molecule has 0 aliphatic rings. The second kappa shape index (κ2) is 2.64. The summed E-state index contributed by atoms with van der Waals surface area (Å²) in [6.45, 7) is 0. The number of hydrogen-bond donors (Lipinski definition) is 0. The van der Waals surface area contributed by atoms with E-state index in [9.17, 15) is 4.79 Å². The largest absolute Gasteiger partial charge is 0.353 e. The standard InChI is InChI=1S/C5H4ClNO2/c6-2-4-1-5(3-8)9-7-4/h1,3H,2H2. The lowest BCUT2D eigenvalue weighted by Crippen LogP contribution is -1.71. The van der Waals surface area contributed by atoms with Gasteiger partial charge in [-0.05, 0) is 0 Å². The highest BCUT2D eigenvalue weighted by Gasteiger charge is 1.98. The summed E-state index contributed by atoms with van der Waals surface area (Å²) in [5.74, 6) is 0.489. The van der Waals surface area contributed by atoms with Crippen molar-refractivity contribution in [3.63, 3.8) is 0 Å². The van der Waals surface area contributed by atoms with Gasteiger partial charge >= 0.3 is 0 Å². The van der Waals surface area contributed by atoms with E-state index in [1.54, 1.807) is 0 Å². The molecular weight excluding hydrogens is 142 g/mol. The fourth-order valence-electron chi connectivity index (χ4n) is 0.447. The van der Waals surface area contributed by atoms with Gasteiger partial charge < -0.3 is 4.52 Å². The molecule has 4 heteroatoms. The van der Waals surface area contributed by atoms with E-state index in [0.717, 1.165) is 0 Å². The van der Waals surface area contributed by atoms with Crippen LogP contribution >= 0.6 is 11.6 Å². The van der Waals surface area contributed by atoms with Crippen LogP contribution in [0.5, 0.6) is 0 Å². The van der Waals surface area contributed by atoms with E-state index in [4.69, 9.17) is 11.6 Å². The molecule has 0 spiro atoms. The molecule has 9 heavy (non-hydrogen) atoms. The lowest BCUT2D eigenvalue weighted by molar-refractivity contribution is 0.109. The predicted octanol–water partition coefficient (Wildman–Crippen LogP) is 1.23. The van der Waals surface area contributed by atoms with Gasteiger partial charge in [0.05, 0.1) is 11.6 Å². The number of hydrogen-bond acceptors (Lipinski definition) is 3. The molecule has 0 aliphatic carbocycles. The quantitative estimate of drug-likeness (QED) is 0.464. The molecule has 0 N–H and O–H groups in total. The first-order chi connectivity index (χ1) is 4.36. The number of rotatable bonds is 2. The summed E-state index contributed by atoms with van der Waals surface area (Å²) in [5, 5.41) is 3.47. The molecule has 1 heterocycles. The van der Waals surface area contributed by atoms with E-state index < -0.39 is 0 Å². The normalized spacial score (nSPS) is 9.44. The molecule has 0 aromatic carbocycles. The van der Waals surface area contributed by atoms with Gasteiger partial charge in [-0.3, -0.25) is 4.79 Å². The molecule has 1 aromatic rings. The van der Waals surface area contributed by atoms with Crippen LogP contribution in [-0.4, -0.2) is 11.4 Å². The van der Waals surface area contributed by atoms with Gasteiger partial charge in [0.25, 0.3) is 0 Å². The van der Waals surface area contributed by atoms with E-state index in [2.05, 4.69) is 9.68 Å². The molecule has 0 aliphatic heterocycles. The van der Waals surface area contributed by atoms with Crippen molar-refractivity contribution in [2.75, 3.05) is 0 Å². The first-order valence-electron chi connectivity index (χ1n) is 2.33. The Balaban J connectivity index is 2.86.